The summed E-state index contributed by atoms with van der Waals surface area (Å²) in [6.07, 6.45) is 1.56. The van der Waals surface area contributed by atoms with Crippen molar-refractivity contribution < 1.29 is 22.7 Å². The van der Waals surface area contributed by atoms with E-state index in [0.717, 1.165) is 11.8 Å². The second-order valence-electron chi connectivity index (χ2n) is 8.71. The first-order valence-electron chi connectivity index (χ1n) is 11.9. The maximum Gasteiger partial charge on any atom is 0.242 e. The Morgan fingerprint density at radius 2 is 1.63 bits per heavy atom. The van der Waals surface area contributed by atoms with Crippen LogP contribution in [0.5, 0.6) is 5.75 Å². The molecule has 2 rings (SSSR count). The summed E-state index contributed by atoms with van der Waals surface area (Å²) in [5.74, 6) is 0.224. The van der Waals surface area contributed by atoms with Gasteiger partial charge in [0, 0.05) is 25.6 Å². The SMILES string of the molecule is CCOc1ccc(N(CCCC(=O)N(Cc2ccccc2)[C@H](C)C(=O)NC(C)C)S(C)(=O)=O)cc1. The lowest BCUT2D eigenvalue weighted by atomic mass is 10.1. The van der Waals surface area contributed by atoms with Gasteiger partial charge in [0.25, 0.3) is 0 Å². The minimum absolute atomic E-state index is 0.0453. The Morgan fingerprint density at radius 3 is 2.17 bits per heavy atom. The van der Waals surface area contributed by atoms with E-state index in [-0.39, 0.29) is 30.8 Å². The van der Waals surface area contributed by atoms with Crippen LogP contribution in [0.4, 0.5) is 5.69 Å². The second-order valence-corrected chi connectivity index (χ2v) is 10.6. The van der Waals surface area contributed by atoms with E-state index in [1.807, 2.05) is 51.1 Å². The summed E-state index contributed by atoms with van der Waals surface area (Å²) in [4.78, 5) is 27.4. The highest BCUT2D eigenvalue weighted by atomic mass is 32.2. The number of benzene rings is 2. The van der Waals surface area contributed by atoms with Crippen LogP contribution in [0.3, 0.4) is 0 Å². The summed E-state index contributed by atoms with van der Waals surface area (Å²) in [6.45, 7) is 8.28. The number of hydrogen-bond acceptors (Lipinski definition) is 5. The Kier molecular flexibility index (Phi) is 10.6. The first-order chi connectivity index (χ1) is 16.5. The average Bonchev–Trinajstić information content (AvgIpc) is 2.80. The molecule has 1 atom stereocenters. The lowest BCUT2D eigenvalue weighted by Crippen LogP contribution is -2.49. The van der Waals surface area contributed by atoms with Crippen molar-refractivity contribution in [1.82, 2.24) is 10.2 Å². The van der Waals surface area contributed by atoms with E-state index in [0.29, 0.717) is 31.0 Å². The van der Waals surface area contributed by atoms with E-state index >= 15 is 0 Å². The molecular formula is C26H37N3O5S. The van der Waals surface area contributed by atoms with Crippen LogP contribution in [-0.2, 0) is 26.2 Å². The molecule has 2 aromatic rings. The van der Waals surface area contributed by atoms with Crippen LogP contribution in [0, 0.1) is 0 Å². The summed E-state index contributed by atoms with van der Waals surface area (Å²) in [6, 6.07) is 15.6. The van der Waals surface area contributed by atoms with Gasteiger partial charge in [-0.15, -0.1) is 0 Å². The number of carbonyl (C=O) groups excluding carboxylic acids is 2. The first kappa shape index (κ1) is 28.2. The maximum absolute atomic E-state index is 13.2. The fraction of sp³-hybridized carbons (Fsp3) is 0.462. The summed E-state index contributed by atoms with van der Waals surface area (Å²) >= 11 is 0. The van der Waals surface area contributed by atoms with Crippen LogP contribution in [0.2, 0.25) is 0 Å². The van der Waals surface area contributed by atoms with Crippen LogP contribution in [-0.4, -0.2) is 56.6 Å². The van der Waals surface area contributed by atoms with Crippen LogP contribution < -0.4 is 14.4 Å². The second kappa shape index (κ2) is 13.1. The summed E-state index contributed by atoms with van der Waals surface area (Å²) in [5, 5.41) is 2.86. The van der Waals surface area contributed by atoms with Gasteiger partial charge in [-0.25, -0.2) is 8.42 Å². The molecule has 0 aromatic heterocycles. The fourth-order valence-electron chi connectivity index (χ4n) is 3.65. The van der Waals surface area contributed by atoms with Gasteiger partial charge in [0.15, 0.2) is 0 Å². The number of sulfonamides is 1. The molecule has 1 N–H and O–H groups in total. The van der Waals surface area contributed by atoms with Crippen LogP contribution in [0.25, 0.3) is 0 Å². The Labute approximate surface area is 209 Å². The molecule has 2 amide bonds. The Bertz CT molecular complexity index is 1060. The topological polar surface area (TPSA) is 96.0 Å². The monoisotopic (exact) mass is 503 g/mol. The largest absolute Gasteiger partial charge is 0.494 e. The lowest BCUT2D eigenvalue weighted by Gasteiger charge is -2.30. The van der Waals surface area contributed by atoms with E-state index in [1.165, 1.54) is 4.31 Å². The molecule has 0 spiro atoms. The molecule has 0 aliphatic heterocycles. The van der Waals surface area contributed by atoms with Gasteiger partial charge in [-0.1, -0.05) is 30.3 Å². The Morgan fingerprint density at radius 1 is 1.00 bits per heavy atom. The summed E-state index contributed by atoms with van der Waals surface area (Å²) in [5.41, 5.74) is 1.42. The van der Waals surface area contributed by atoms with Gasteiger partial charge in [0.05, 0.1) is 18.6 Å². The standard InChI is InChI=1S/C26H37N3O5S/c1-6-34-24-16-14-23(15-17-24)29(35(5,32)33)18-10-13-25(30)28(19-22-11-8-7-9-12-22)21(4)26(31)27-20(2)3/h7-9,11-12,14-17,20-21H,6,10,13,18-19H2,1-5H3,(H,27,31)/t21-/m1/s1. The van der Waals surface area contributed by atoms with Crippen molar-refractivity contribution in [3.8, 4) is 5.75 Å². The zero-order chi connectivity index (χ0) is 26.0. The smallest absolute Gasteiger partial charge is 0.242 e. The summed E-state index contributed by atoms with van der Waals surface area (Å²) < 4.78 is 31.6. The zero-order valence-electron chi connectivity index (χ0n) is 21.2. The molecule has 0 saturated carbocycles. The van der Waals surface area contributed by atoms with E-state index in [4.69, 9.17) is 4.74 Å². The Balaban J connectivity index is 2.12. The molecule has 2 aromatic carbocycles. The molecule has 0 aliphatic carbocycles. The quantitative estimate of drug-likeness (QED) is 0.451. The van der Waals surface area contributed by atoms with E-state index < -0.39 is 16.1 Å². The molecular weight excluding hydrogens is 466 g/mol. The fourth-order valence-corrected chi connectivity index (χ4v) is 4.61. The van der Waals surface area contributed by atoms with Crippen molar-refractivity contribution in [3.63, 3.8) is 0 Å². The predicted molar refractivity (Wildman–Crippen MR) is 139 cm³/mol. The van der Waals surface area contributed by atoms with Crippen molar-refractivity contribution in [1.29, 1.82) is 0 Å². The number of anilines is 1. The van der Waals surface area contributed by atoms with Crippen molar-refractivity contribution in [2.24, 2.45) is 0 Å². The molecule has 0 unspecified atom stereocenters. The molecule has 0 heterocycles. The van der Waals surface area contributed by atoms with E-state index in [9.17, 15) is 18.0 Å². The maximum atomic E-state index is 13.2. The zero-order valence-corrected chi connectivity index (χ0v) is 22.0. The third-order valence-corrected chi connectivity index (χ3v) is 6.58. The van der Waals surface area contributed by atoms with Crippen molar-refractivity contribution in [2.75, 3.05) is 23.7 Å². The number of ether oxygens (including phenoxy) is 1. The lowest BCUT2D eigenvalue weighted by molar-refractivity contribution is -0.140. The van der Waals surface area contributed by atoms with E-state index in [1.54, 1.807) is 36.1 Å². The molecule has 192 valence electrons. The molecule has 9 heteroatoms. The number of amides is 2. The molecule has 0 bridgehead atoms. The molecule has 0 aliphatic rings. The van der Waals surface area contributed by atoms with Gasteiger partial charge in [-0.2, -0.15) is 0 Å². The van der Waals surface area contributed by atoms with Crippen molar-refractivity contribution in [2.45, 2.75) is 59.2 Å². The van der Waals surface area contributed by atoms with Crippen molar-refractivity contribution >= 4 is 27.5 Å². The van der Waals surface area contributed by atoms with Crippen LogP contribution in [0.15, 0.2) is 54.6 Å². The van der Waals surface area contributed by atoms with Crippen LogP contribution in [0.1, 0.15) is 46.1 Å². The molecule has 0 radical (unpaired) electrons. The number of carbonyl (C=O) groups is 2. The third-order valence-electron chi connectivity index (χ3n) is 5.38. The van der Waals surface area contributed by atoms with Crippen LogP contribution >= 0.6 is 0 Å². The van der Waals surface area contributed by atoms with Gasteiger partial charge in [-0.3, -0.25) is 13.9 Å². The highest BCUT2D eigenvalue weighted by Crippen LogP contribution is 2.22. The van der Waals surface area contributed by atoms with E-state index in [2.05, 4.69) is 5.32 Å². The number of nitrogens with one attached hydrogen (secondary N) is 1. The van der Waals surface area contributed by atoms with Gasteiger partial charge in [0.1, 0.15) is 11.8 Å². The Hall–Kier alpha value is -3.07. The minimum atomic E-state index is -3.55. The molecule has 8 nitrogen and oxygen atoms in total. The van der Waals surface area contributed by atoms with Gasteiger partial charge in [0.2, 0.25) is 21.8 Å². The number of nitrogens with zero attached hydrogens (tertiary/aromatic N) is 2. The third kappa shape index (κ3) is 8.90. The van der Waals surface area contributed by atoms with Gasteiger partial charge in [-0.05, 0) is 63.9 Å². The number of hydrogen-bond donors (Lipinski definition) is 1. The normalized spacial score (nSPS) is 12.2. The minimum Gasteiger partial charge on any atom is -0.494 e. The average molecular weight is 504 g/mol. The first-order valence-corrected chi connectivity index (χ1v) is 13.7. The molecule has 0 saturated heterocycles. The molecule has 0 fully saturated rings. The summed E-state index contributed by atoms with van der Waals surface area (Å²) in [7, 11) is -3.55. The number of rotatable bonds is 13. The van der Waals surface area contributed by atoms with Gasteiger partial charge >= 0.3 is 0 Å². The highest BCUT2D eigenvalue weighted by Gasteiger charge is 2.27. The highest BCUT2D eigenvalue weighted by molar-refractivity contribution is 7.92. The molecule has 35 heavy (non-hydrogen) atoms. The van der Waals surface area contributed by atoms with Crippen molar-refractivity contribution in [3.05, 3.63) is 60.2 Å². The predicted octanol–water partition coefficient (Wildman–Crippen LogP) is 3.57. The van der Waals surface area contributed by atoms with Gasteiger partial charge < -0.3 is 15.0 Å².